The summed E-state index contributed by atoms with van der Waals surface area (Å²) in [4.78, 5) is 0. The third-order valence-corrected chi connectivity index (χ3v) is 6.19. The Morgan fingerprint density at radius 2 is 2.00 bits per heavy atom. The average Bonchev–Trinajstić information content (AvgIpc) is 2.84. The number of rotatable bonds is 6. The fourth-order valence-corrected chi connectivity index (χ4v) is 4.67. The molecule has 1 aromatic carbocycles. The van der Waals surface area contributed by atoms with Crippen LogP contribution in [0.1, 0.15) is 0 Å². The SMILES string of the molecule is O=S(=O)(NCCOc1ccccc1Cl)c1ccc(Br)s1. The van der Waals surface area contributed by atoms with Gasteiger partial charge in [0.25, 0.3) is 0 Å². The minimum absolute atomic E-state index is 0.170. The lowest BCUT2D eigenvalue weighted by Crippen LogP contribution is -2.27. The van der Waals surface area contributed by atoms with Crippen LogP contribution in [-0.4, -0.2) is 21.6 Å². The highest BCUT2D eigenvalue weighted by atomic mass is 79.9. The normalized spacial score (nSPS) is 11.5. The molecule has 1 aromatic heterocycles. The van der Waals surface area contributed by atoms with Gasteiger partial charge in [0.05, 0.1) is 8.81 Å². The first-order valence-corrected chi connectivity index (χ1v) is 9.08. The molecule has 1 N–H and O–H groups in total. The smallest absolute Gasteiger partial charge is 0.250 e. The fourth-order valence-electron chi connectivity index (χ4n) is 1.41. The van der Waals surface area contributed by atoms with Crippen molar-refractivity contribution in [3.63, 3.8) is 0 Å². The Morgan fingerprint density at radius 1 is 1.25 bits per heavy atom. The number of hydrogen-bond acceptors (Lipinski definition) is 4. The maximum Gasteiger partial charge on any atom is 0.250 e. The van der Waals surface area contributed by atoms with E-state index in [0.717, 1.165) is 15.1 Å². The van der Waals surface area contributed by atoms with Crippen LogP contribution >= 0.6 is 38.9 Å². The molecule has 0 aliphatic carbocycles. The monoisotopic (exact) mass is 395 g/mol. The van der Waals surface area contributed by atoms with Gasteiger partial charge in [-0.15, -0.1) is 11.3 Å². The summed E-state index contributed by atoms with van der Waals surface area (Å²) in [6, 6.07) is 10.3. The minimum atomic E-state index is -3.48. The van der Waals surface area contributed by atoms with Gasteiger partial charge in [-0.3, -0.25) is 0 Å². The second-order valence-corrected chi connectivity index (χ2v) is 8.60. The molecule has 0 radical (unpaired) electrons. The molecule has 108 valence electrons. The zero-order valence-electron chi connectivity index (χ0n) is 10.2. The topological polar surface area (TPSA) is 55.4 Å². The molecule has 0 saturated carbocycles. The van der Waals surface area contributed by atoms with E-state index in [4.69, 9.17) is 16.3 Å². The summed E-state index contributed by atoms with van der Waals surface area (Å²) >= 11 is 10.3. The molecule has 0 aliphatic rings. The van der Waals surface area contributed by atoms with Crippen LogP contribution in [-0.2, 0) is 10.0 Å². The number of benzene rings is 1. The summed E-state index contributed by atoms with van der Waals surface area (Å²) in [7, 11) is -3.48. The van der Waals surface area contributed by atoms with Crippen molar-refractivity contribution in [3.05, 3.63) is 45.2 Å². The van der Waals surface area contributed by atoms with E-state index >= 15 is 0 Å². The van der Waals surface area contributed by atoms with Crippen molar-refractivity contribution < 1.29 is 13.2 Å². The van der Waals surface area contributed by atoms with Crippen LogP contribution in [0.5, 0.6) is 5.75 Å². The minimum Gasteiger partial charge on any atom is -0.491 e. The van der Waals surface area contributed by atoms with Gasteiger partial charge in [-0.1, -0.05) is 23.7 Å². The molecule has 20 heavy (non-hydrogen) atoms. The van der Waals surface area contributed by atoms with Gasteiger partial charge in [-0.2, -0.15) is 0 Å². The van der Waals surface area contributed by atoms with Gasteiger partial charge in [-0.25, -0.2) is 13.1 Å². The maximum atomic E-state index is 11.9. The molecule has 2 rings (SSSR count). The quantitative estimate of drug-likeness (QED) is 0.760. The number of thiophene rings is 1. The molecule has 0 bridgehead atoms. The number of ether oxygens (including phenoxy) is 1. The largest absolute Gasteiger partial charge is 0.491 e. The highest BCUT2D eigenvalue weighted by Crippen LogP contribution is 2.26. The Bertz CT molecular complexity index is 688. The molecule has 2 aromatic rings. The van der Waals surface area contributed by atoms with E-state index in [1.807, 2.05) is 0 Å². The van der Waals surface area contributed by atoms with Crippen molar-refractivity contribution in [1.29, 1.82) is 0 Å². The number of sulfonamides is 1. The Balaban J connectivity index is 1.86. The zero-order valence-corrected chi connectivity index (χ0v) is 14.2. The number of hydrogen-bond donors (Lipinski definition) is 1. The standard InChI is InChI=1S/C12H11BrClNO3S2/c13-11-5-6-12(19-11)20(16,17)15-7-8-18-10-4-2-1-3-9(10)14/h1-6,15H,7-8H2. The van der Waals surface area contributed by atoms with Crippen molar-refractivity contribution in [1.82, 2.24) is 4.72 Å². The van der Waals surface area contributed by atoms with Gasteiger partial charge in [0, 0.05) is 6.54 Å². The lowest BCUT2D eigenvalue weighted by Gasteiger charge is -2.08. The maximum absolute atomic E-state index is 11.9. The molecule has 0 spiro atoms. The Morgan fingerprint density at radius 3 is 2.65 bits per heavy atom. The summed E-state index contributed by atoms with van der Waals surface area (Å²) in [5, 5.41) is 0.498. The van der Waals surface area contributed by atoms with E-state index in [-0.39, 0.29) is 17.4 Å². The molecular weight excluding hydrogens is 386 g/mol. The Hall–Kier alpha value is -0.600. The average molecular weight is 397 g/mol. The number of halogens is 2. The number of nitrogens with one attached hydrogen (secondary N) is 1. The molecule has 0 unspecified atom stereocenters. The fraction of sp³-hybridized carbons (Fsp3) is 0.167. The van der Waals surface area contributed by atoms with Crippen LogP contribution in [0.25, 0.3) is 0 Å². The first-order chi connectivity index (χ1) is 9.49. The summed E-state index contributed by atoms with van der Waals surface area (Å²) in [5.41, 5.74) is 0. The molecule has 0 saturated heterocycles. The Labute approximate surface area is 134 Å². The lowest BCUT2D eigenvalue weighted by atomic mass is 10.3. The van der Waals surface area contributed by atoms with E-state index in [2.05, 4.69) is 20.7 Å². The van der Waals surface area contributed by atoms with E-state index in [9.17, 15) is 8.42 Å². The summed E-state index contributed by atoms with van der Waals surface area (Å²) in [6.45, 7) is 0.374. The van der Waals surface area contributed by atoms with E-state index < -0.39 is 10.0 Å². The lowest BCUT2D eigenvalue weighted by molar-refractivity contribution is 0.323. The third-order valence-electron chi connectivity index (χ3n) is 2.30. The third kappa shape index (κ3) is 4.20. The van der Waals surface area contributed by atoms with Gasteiger partial charge in [0.15, 0.2) is 0 Å². The van der Waals surface area contributed by atoms with Crippen LogP contribution in [0.4, 0.5) is 0 Å². The molecule has 8 heteroatoms. The van der Waals surface area contributed by atoms with Crippen molar-refractivity contribution >= 4 is 48.9 Å². The highest BCUT2D eigenvalue weighted by molar-refractivity contribution is 9.11. The summed E-state index contributed by atoms with van der Waals surface area (Å²) in [5.74, 6) is 0.534. The van der Waals surface area contributed by atoms with Crippen LogP contribution in [0.15, 0.2) is 44.4 Å². The van der Waals surface area contributed by atoms with Crippen LogP contribution in [0.3, 0.4) is 0 Å². The van der Waals surface area contributed by atoms with E-state index in [1.165, 1.54) is 0 Å². The molecule has 0 fully saturated rings. The van der Waals surface area contributed by atoms with E-state index in [1.54, 1.807) is 36.4 Å². The van der Waals surface area contributed by atoms with Crippen molar-refractivity contribution in [3.8, 4) is 5.75 Å². The van der Waals surface area contributed by atoms with E-state index in [0.29, 0.717) is 10.8 Å². The number of para-hydroxylation sites is 1. The predicted molar refractivity (Wildman–Crippen MR) is 84.2 cm³/mol. The van der Waals surface area contributed by atoms with Crippen molar-refractivity contribution in [2.45, 2.75) is 4.21 Å². The van der Waals surface area contributed by atoms with Gasteiger partial charge >= 0.3 is 0 Å². The molecule has 0 aliphatic heterocycles. The molecule has 0 atom stereocenters. The Kier molecular flexibility index (Phi) is 5.45. The van der Waals surface area contributed by atoms with Crippen LogP contribution in [0, 0.1) is 0 Å². The second-order valence-electron chi connectivity index (χ2n) is 3.74. The first-order valence-electron chi connectivity index (χ1n) is 5.61. The molecule has 0 amide bonds. The van der Waals surface area contributed by atoms with Crippen LogP contribution < -0.4 is 9.46 Å². The molecule has 1 heterocycles. The summed E-state index contributed by atoms with van der Waals surface area (Å²) in [6.07, 6.45) is 0. The molecular formula is C12H11BrClNO3S2. The highest BCUT2D eigenvalue weighted by Gasteiger charge is 2.15. The van der Waals surface area contributed by atoms with Gasteiger partial charge in [-0.05, 0) is 40.2 Å². The van der Waals surface area contributed by atoms with Crippen LogP contribution in [0.2, 0.25) is 5.02 Å². The second kappa shape index (κ2) is 6.91. The zero-order chi connectivity index (χ0) is 14.6. The van der Waals surface area contributed by atoms with Gasteiger partial charge in [0.2, 0.25) is 10.0 Å². The van der Waals surface area contributed by atoms with Crippen molar-refractivity contribution in [2.24, 2.45) is 0 Å². The van der Waals surface area contributed by atoms with Gasteiger partial charge < -0.3 is 4.74 Å². The van der Waals surface area contributed by atoms with Gasteiger partial charge in [0.1, 0.15) is 16.6 Å². The summed E-state index contributed by atoms with van der Waals surface area (Å²) < 4.78 is 32.8. The molecule has 4 nitrogen and oxygen atoms in total. The predicted octanol–water partition coefficient (Wildman–Crippen LogP) is 3.52. The van der Waals surface area contributed by atoms with Crippen molar-refractivity contribution in [2.75, 3.05) is 13.2 Å². The first kappa shape index (κ1) is 15.8.